The topological polar surface area (TPSA) is 57.0 Å². The van der Waals surface area contributed by atoms with Gasteiger partial charge in [0.15, 0.2) is 0 Å². The van der Waals surface area contributed by atoms with E-state index in [1.807, 2.05) is 26.4 Å². The van der Waals surface area contributed by atoms with Crippen molar-refractivity contribution in [1.82, 2.24) is 9.55 Å². The fourth-order valence-electron chi connectivity index (χ4n) is 2.45. The summed E-state index contributed by atoms with van der Waals surface area (Å²) >= 11 is 0. The molecule has 2 heterocycles. The first-order chi connectivity index (χ1) is 8.91. The summed E-state index contributed by atoms with van der Waals surface area (Å²) in [6, 6.07) is 2.27. The van der Waals surface area contributed by atoms with Crippen LogP contribution in [-0.2, 0) is 0 Å². The van der Waals surface area contributed by atoms with E-state index in [4.69, 9.17) is 10.2 Å². The molecule has 0 aliphatic rings. The summed E-state index contributed by atoms with van der Waals surface area (Å²) in [6.45, 7) is 10.4. The Morgan fingerprint density at radius 3 is 2.47 bits per heavy atom. The predicted molar refractivity (Wildman–Crippen MR) is 76.0 cm³/mol. The molecule has 2 aromatic rings. The standard InChI is InChI=1S/C15H23N3O/c1-9(2)15(16)14-7-17-8-18(14)11(4)13-6-10(3)19-12(13)5/h6-9,11,15H,16H2,1-5H3. The van der Waals surface area contributed by atoms with Crippen molar-refractivity contribution in [3.63, 3.8) is 0 Å². The molecular formula is C15H23N3O. The Kier molecular flexibility index (Phi) is 3.80. The second-order valence-electron chi connectivity index (χ2n) is 5.54. The van der Waals surface area contributed by atoms with Crippen molar-refractivity contribution in [2.75, 3.05) is 0 Å². The Labute approximate surface area is 114 Å². The van der Waals surface area contributed by atoms with E-state index in [0.717, 1.165) is 17.2 Å². The van der Waals surface area contributed by atoms with Crippen LogP contribution in [0.3, 0.4) is 0 Å². The molecule has 0 saturated heterocycles. The van der Waals surface area contributed by atoms with E-state index in [0.29, 0.717) is 5.92 Å². The highest BCUT2D eigenvalue weighted by Crippen LogP contribution is 2.28. The molecule has 0 spiro atoms. The van der Waals surface area contributed by atoms with Crippen LogP contribution in [0, 0.1) is 19.8 Å². The van der Waals surface area contributed by atoms with Crippen LogP contribution in [-0.4, -0.2) is 9.55 Å². The molecule has 0 amide bonds. The third kappa shape index (κ3) is 2.59. The Bertz CT molecular complexity index is 553. The smallest absolute Gasteiger partial charge is 0.106 e. The summed E-state index contributed by atoms with van der Waals surface area (Å²) < 4.78 is 7.76. The zero-order chi connectivity index (χ0) is 14.2. The monoisotopic (exact) mass is 261 g/mol. The minimum absolute atomic E-state index is 0.00162. The summed E-state index contributed by atoms with van der Waals surface area (Å²) in [5.74, 6) is 2.28. The van der Waals surface area contributed by atoms with Crippen LogP contribution in [0.5, 0.6) is 0 Å². The highest BCUT2D eigenvalue weighted by atomic mass is 16.3. The number of rotatable bonds is 4. The molecule has 2 atom stereocenters. The quantitative estimate of drug-likeness (QED) is 0.918. The van der Waals surface area contributed by atoms with Crippen LogP contribution in [0.15, 0.2) is 23.0 Å². The summed E-state index contributed by atoms with van der Waals surface area (Å²) in [4.78, 5) is 4.26. The summed E-state index contributed by atoms with van der Waals surface area (Å²) in [7, 11) is 0. The number of nitrogens with zero attached hydrogens (tertiary/aromatic N) is 2. The lowest BCUT2D eigenvalue weighted by Crippen LogP contribution is -2.22. The van der Waals surface area contributed by atoms with Crippen molar-refractivity contribution in [3.8, 4) is 0 Å². The molecule has 0 fully saturated rings. The van der Waals surface area contributed by atoms with Crippen LogP contribution >= 0.6 is 0 Å². The van der Waals surface area contributed by atoms with Gasteiger partial charge in [0.25, 0.3) is 0 Å². The van der Waals surface area contributed by atoms with Gasteiger partial charge in [0, 0.05) is 17.8 Å². The van der Waals surface area contributed by atoms with Gasteiger partial charge in [-0.05, 0) is 32.8 Å². The molecule has 19 heavy (non-hydrogen) atoms. The number of aryl methyl sites for hydroxylation is 2. The highest BCUT2D eigenvalue weighted by molar-refractivity contribution is 5.25. The van der Waals surface area contributed by atoms with Gasteiger partial charge >= 0.3 is 0 Å². The zero-order valence-corrected chi connectivity index (χ0v) is 12.3. The maximum absolute atomic E-state index is 6.26. The van der Waals surface area contributed by atoms with Crippen molar-refractivity contribution in [1.29, 1.82) is 0 Å². The number of imidazole rings is 1. The minimum Gasteiger partial charge on any atom is -0.466 e. The lowest BCUT2D eigenvalue weighted by Gasteiger charge is -2.22. The van der Waals surface area contributed by atoms with Gasteiger partial charge in [0.1, 0.15) is 11.5 Å². The Balaban J connectivity index is 2.37. The van der Waals surface area contributed by atoms with Crippen molar-refractivity contribution >= 4 is 0 Å². The summed E-state index contributed by atoms with van der Waals surface area (Å²) in [5, 5.41) is 0. The molecule has 4 heteroatoms. The predicted octanol–water partition coefficient (Wildman–Crippen LogP) is 3.36. The molecule has 0 aliphatic carbocycles. The van der Waals surface area contributed by atoms with Gasteiger partial charge in [0.2, 0.25) is 0 Å². The van der Waals surface area contributed by atoms with Crippen molar-refractivity contribution in [3.05, 3.63) is 41.4 Å². The second-order valence-corrected chi connectivity index (χ2v) is 5.54. The highest BCUT2D eigenvalue weighted by Gasteiger charge is 2.21. The van der Waals surface area contributed by atoms with Gasteiger partial charge in [0.05, 0.1) is 18.1 Å². The Morgan fingerprint density at radius 1 is 1.26 bits per heavy atom. The van der Waals surface area contributed by atoms with Gasteiger partial charge < -0.3 is 14.7 Å². The zero-order valence-electron chi connectivity index (χ0n) is 12.3. The molecule has 0 bridgehead atoms. The third-order valence-electron chi connectivity index (χ3n) is 3.70. The SMILES string of the molecule is Cc1cc(C(C)n2cncc2C(N)C(C)C)c(C)o1. The second kappa shape index (κ2) is 5.21. The largest absolute Gasteiger partial charge is 0.466 e. The fourth-order valence-corrected chi connectivity index (χ4v) is 2.45. The maximum Gasteiger partial charge on any atom is 0.106 e. The van der Waals surface area contributed by atoms with Gasteiger partial charge in [-0.25, -0.2) is 4.98 Å². The number of nitrogens with two attached hydrogens (primary N) is 1. The first kappa shape index (κ1) is 13.9. The average molecular weight is 261 g/mol. The number of aromatic nitrogens is 2. The number of hydrogen-bond acceptors (Lipinski definition) is 3. The van der Waals surface area contributed by atoms with E-state index in [2.05, 4.69) is 36.4 Å². The molecule has 0 radical (unpaired) electrons. The van der Waals surface area contributed by atoms with Crippen LogP contribution in [0.1, 0.15) is 55.6 Å². The summed E-state index contributed by atoms with van der Waals surface area (Å²) in [6.07, 6.45) is 3.72. The molecule has 0 aliphatic heterocycles. The van der Waals surface area contributed by atoms with Gasteiger partial charge in [-0.2, -0.15) is 0 Å². The molecule has 0 aromatic carbocycles. The molecular weight excluding hydrogens is 238 g/mol. The molecule has 2 N–H and O–H groups in total. The summed E-state index contributed by atoms with van der Waals surface area (Å²) in [5.41, 5.74) is 8.52. The Hall–Kier alpha value is -1.55. The number of furan rings is 1. The molecule has 2 rings (SSSR count). The fraction of sp³-hybridized carbons (Fsp3) is 0.533. The lowest BCUT2D eigenvalue weighted by atomic mass is 10.0. The molecule has 104 valence electrons. The molecule has 4 nitrogen and oxygen atoms in total. The first-order valence-corrected chi connectivity index (χ1v) is 6.76. The Morgan fingerprint density at radius 2 is 1.95 bits per heavy atom. The van der Waals surface area contributed by atoms with Crippen molar-refractivity contribution < 1.29 is 4.42 Å². The van der Waals surface area contributed by atoms with Gasteiger partial charge in [-0.1, -0.05) is 13.8 Å². The number of hydrogen-bond donors (Lipinski definition) is 1. The van der Waals surface area contributed by atoms with Crippen LogP contribution in [0.2, 0.25) is 0 Å². The first-order valence-electron chi connectivity index (χ1n) is 6.76. The van der Waals surface area contributed by atoms with Crippen LogP contribution < -0.4 is 5.73 Å². The maximum atomic E-state index is 6.26. The van der Waals surface area contributed by atoms with E-state index in [1.54, 1.807) is 0 Å². The van der Waals surface area contributed by atoms with Crippen LogP contribution in [0.25, 0.3) is 0 Å². The van der Waals surface area contributed by atoms with Crippen molar-refractivity contribution in [2.45, 2.75) is 46.7 Å². The third-order valence-corrected chi connectivity index (χ3v) is 3.70. The van der Waals surface area contributed by atoms with Gasteiger partial charge in [-0.3, -0.25) is 0 Å². The van der Waals surface area contributed by atoms with E-state index in [1.165, 1.54) is 5.56 Å². The van der Waals surface area contributed by atoms with Crippen molar-refractivity contribution in [2.24, 2.45) is 11.7 Å². The van der Waals surface area contributed by atoms with E-state index in [9.17, 15) is 0 Å². The normalized spacial score (nSPS) is 14.9. The lowest BCUT2D eigenvalue weighted by molar-refractivity contribution is 0.461. The minimum atomic E-state index is -0.00162. The molecule has 2 unspecified atom stereocenters. The van der Waals surface area contributed by atoms with E-state index >= 15 is 0 Å². The molecule has 2 aromatic heterocycles. The average Bonchev–Trinajstić information content (AvgIpc) is 2.93. The van der Waals surface area contributed by atoms with Gasteiger partial charge in [-0.15, -0.1) is 0 Å². The molecule has 0 saturated carbocycles. The van der Waals surface area contributed by atoms with E-state index < -0.39 is 0 Å². The van der Waals surface area contributed by atoms with Crippen LogP contribution in [0.4, 0.5) is 0 Å². The van der Waals surface area contributed by atoms with E-state index in [-0.39, 0.29) is 12.1 Å².